The van der Waals surface area contributed by atoms with Gasteiger partial charge in [0.05, 0.1) is 6.57 Å². The number of benzene rings is 2. The van der Waals surface area contributed by atoms with Gasteiger partial charge in [-0.2, -0.15) is 0 Å². The van der Waals surface area contributed by atoms with Crippen LogP contribution in [-0.4, -0.2) is 17.6 Å². The monoisotopic (exact) mass is 496 g/mol. The molecule has 3 heterocycles. The molecule has 0 aliphatic carbocycles. The second-order valence-electron chi connectivity index (χ2n) is 9.17. The van der Waals surface area contributed by atoms with Crippen LogP contribution in [0.3, 0.4) is 0 Å². The number of carboxylic acid groups (broad SMARTS) is 1. The van der Waals surface area contributed by atoms with E-state index in [1.807, 2.05) is 12.1 Å². The van der Waals surface area contributed by atoms with E-state index in [-0.39, 0.29) is 11.1 Å². The zero-order valence-electron chi connectivity index (χ0n) is 19.5. The van der Waals surface area contributed by atoms with Gasteiger partial charge in [-0.3, -0.25) is 4.79 Å². The van der Waals surface area contributed by atoms with Crippen LogP contribution in [0.2, 0.25) is 0 Å². The Hall–Kier alpha value is -3.66. The molecule has 0 atom stereocenters. The molecule has 0 saturated heterocycles. The number of aliphatic carboxylic acids is 1. The van der Waals surface area contributed by atoms with Gasteiger partial charge in [0.2, 0.25) is 0 Å². The number of thiophene rings is 2. The Kier molecular flexibility index (Phi) is 6.06. The molecule has 1 N–H and O–H groups in total. The number of anilines is 2. The van der Waals surface area contributed by atoms with E-state index < -0.39 is 5.97 Å². The highest BCUT2D eigenvalue weighted by Gasteiger charge is 2.32. The first-order valence-corrected chi connectivity index (χ1v) is 13.0. The van der Waals surface area contributed by atoms with Gasteiger partial charge in [0.15, 0.2) is 0 Å². The van der Waals surface area contributed by atoms with Crippen LogP contribution >= 0.6 is 22.7 Å². The van der Waals surface area contributed by atoms with Crippen LogP contribution in [0.5, 0.6) is 0 Å². The van der Waals surface area contributed by atoms with Crippen LogP contribution < -0.4 is 4.90 Å². The van der Waals surface area contributed by atoms with Crippen molar-refractivity contribution in [3.05, 3.63) is 100 Å². The van der Waals surface area contributed by atoms with Crippen molar-refractivity contribution in [1.82, 2.24) is 0 Å². The summed E-state index contributed by atoms with van der Waals surface area (Å²) in [5.41, 5.74) is 4.89. The van der Waals surface area contributed by atoms with Gasteiger partial charge >= 0.3 is 5.97 Å². The number of nitrogens with zero attached hydrogens (tertiary/aromatic N) is 2. The fourth-order valence-electron chi connectivity index (χ4n) is 4.45. The average molecular weight is 497 g/mol. The zero-order valence-corrected chi connectivity index (χ0v) is 21.1. The molecule has 5 rings (SSSR count). The second kappa shape index (κ2) is 9.18. The molecular weight excluding hydrogens is 472 g/mol. The Balaban J connectivity index is 1.47. The topological polar surface area (TPSA) is 44.9 Å². The number of hydrogen-bond donors (Lipinski definition) is 1. The molecule has 0 unspecified atom stereocenters. The van der Waals surface area contributed by atoms with Crippen molar-refractivity contribution in [3.8, 4) is 20.2 Å². The summed E-state index contributed by atoms with van der Waals surface area (Å²) in [6, 6.07) is 25.5. The highest BCUT2D eigenvalue weighted by atomic mass is 32.1. The normalized spacial score (nSPS) is 14.9. The quantitative estimate of drug-likeness (QED) is 0.223. The van der Waals surface area contributed by atoms with Gasteiger partial charge in [-0.1, -0.05) is 38.1 Å². The van der Waals surface area contributed by atoms with E-state index in [9.17, 15) is 4.79 Å². The van der Waals surface area contributed by atoms with E-state index in [4.69, 9.17) is 11.7 Å². The molecule has 4 nitrogen and oxygen atoms in total. The lowest BCUT2D eigenvalue weighted by Gasteiger charge is -2.40. The summed E-state index contributed by atoms with van der Waals surface area (Å²) in [7, 11) is 0. The minimum absolute atomic E-state index is 0.0937. The molecule has 2 aromatic heterocycles. The SMILES string of the molecule is [C-]#[N+]C(=Cc1ccc(-c2ccc(-c3ccc4c(c3)C(C)(C)CCN4c3ccccc3)s2)s1)C(=O)O. The highest BCUT2D eigenvalue weighted by molar-refractivity contribution is 7.24. The summed E-state index contributed by atoms with van der Waals surface area (Å²) in [6.45, 7) is 12.7. The third-order valence-electron chi connectivity index (χ3n) is 6.42. The molecule has 0 radical (unpaired) electrons. The van der Waals surface area contributed by atoms with E-state index >= 15 is 0 Å². The lowest BCUT2D eigenvalue weighted by atomic mass is 9.77. The van der Waals surface area contributed by atoms with Crippen LogP contribution in [0.4, 0.5) is 11.4 Å². The van der Waals surface area contributed by atoms with Crippen molar-refractivity contribution in [2.45, 2.75) is 25.7 Å². The van der Waals surface area contributed by atoms with Crippen molar-refractivity contribution in [3.63, 3.8) is 0 Å². The number of fused-ring (bicyclic) bond motifs is 1. The van der Waals surface area contributed by atoms with E-state index in [0.717, 1.165) is 27.6 Å². The molecular formula is C29H24N2O2S2. The predicted octanol–water partition coefficient (Wildman–Crippen LogP) is 8.31. The highest BCUT2D eigenvalue weighted by Crippen LogP contribution is 2.46. The molecule has 0 spiro atoms. The Bertz CT molecular complexity index is 1470. The minimum Gasteiger partial charge on any atom is -0.486 e. The van der Waals surface area contributed by atoms with Gasteiger partial charge in [0.1, 0.15) is 0 Å². The molecule has 0 bridgehead atoms. The van der Waals surface area contributed by atoms with Crippen molar-refractivity contribution in [2.75, 3.05) is 11.4 Å². The van der Waals surface area contributed by atoms with Crippen LogP contribution in [-0.2, 0) is 10.2 Å². The number of carboxylic acids is 1. The fraction of sp³-hybridized carbons (Fsp3) is 0.172. The van der Waals surface area contributed by atoms with E-state index in [0.29, 0.717) is 0 Å². The third kappa shape index (κ3) is 4.53. The Labute approximate surface area is 213 Å². The first-order valence-electron chi connectivity index (χ1n) is 11.4. The molecule has 174 valence electrons. The summed E-state index contributed by atoms with van der Waals surface area (Å²) in [5.74, 6) is -1.20. The maximum Gasteiger partial charge on any atom is 0.333 e. The molecule has 1 aliphatic heterocycles. The summed E-state index contributed by atoms with van der Waals surface area (Å²) in [6.07, 6.45) is 2.52. The second-order valence-corrected chi connectivity index (χ2v) is 11.4. The number of rotatable bonds is 5. The Morgan fingerprint density at radius 3 is 2.46 bits per heavy atom. The van der Waals surface area contributed by atoms with Crippen molar-refractivity contribution in [1.29, 1.82) is 0 Å². The maximum absolute atomic E-state index is 11.1. The third-order valence-corrected chi connectivity index (χ3v) is 8.79. The average Bonchev–Trinajstić information content (AvgIpc) is 3.53. The smallest absolute Gasteiger partial charge is 0.333 e. The molecule has 4 aromatic rings. The van der Waals surface area contributed by atoms with Gasteiger partial charge in [-0.15, -0.1) is 22.7 Å². The molecule has 1 aliphatic rings. The largest absolute Gasteiger partial charge is 0.486 e. The molecule has 6 heteroatoms. The van der Waals surface area contributed by atoms with Crippen LogP contribution in [0.25, 0.3) is 31.1 Å². The zero-order chi connectivity index (χ0) is 24.6. The minimum atomic E-state index is -1.20. The molecule has 35 heavy (non-hydrogen) atoms. The lowest BCUT2D eigenvalue weighted by molar-refractivity contribution is -0.132. The molecule has 0 fully saturated rings. The summed E-state index contributed by atoms with van der Waals surface area (Å²) in [4.78, 5) is 20.8. The van der Waals surface area contributed by atoms with Gasteiger partial charge < -0.3 is 10.0 Å². The first kappa shape index (κ1) is 23.1. The van der Waals surface area contributed by atoms with E-state index in [1.54, 1.807) is 11.3 Å². The Morgan fingerprint density at radius 2 is 1.71 bits per heavy atom. The molecule has 0 amide bonds. The standard InChI is InChI=1S/C29H24N2O2S2/c1-29(2)15-16-31(20-7-5-4-6-8-20)24-11-9-19(17-22(24)29)25-13-14-27(35-25)26-12-10-21(34-26)18-23(30-3)28(32)33/h4-14,17-18H,15-16H2,1-2H3,(H,32,33). The predicted molar refractivity (Wildman–Crippen MR) is 146 cm³/mol. The molecule has 0 saturated carbocycles. The van der Waals surface area contributed by atoms with Gasteiger partial charge in [0, 0.05) is 37.4 Å². The van der Waals surface area contributed by atoms with Gasteiger partial charge in [-0.25, -0.2) is 4.85 Å². The number of hydrogen-bond acceptors (Lipinski definition) is 4. The van der Waals surface area contributed by atoms with Crippen molar-refractivity contribution >= 4 is 46.1 Å². The lowest BCUT2D eigenvalue weighted by Crippen LogP contribution is -2.34. The van der Waals surface area contributed by atoms with Crippen molar-refractivity contribution in [2.24, 2.45) is 0 Å². The van der Waals surface area contributed by atoms with Crippen LogP contribution in [0, 0.1) is 6.57 Å². The number of carbonyl (C=O) groups is 1. The van der Waals surface area contributed by atoms with Crippen LogP contribution in [0.1, 0.15) is 30.7 Å². The van der Waals surface area contributed by atoms with E-state index in [1.165, 1.54) is 44.8 Å². The first-order chi connectivity index (χ1) is 16.9. The molecule has 2 aromatic carbocycles. The summed E-state index contributed by atoms with van der Waals surface area (Å²) in [5, 5.41) is 9.11. The maximum atomic E-state index is 11.1. The Morgan fingerprint density at radius 1 is 1.00 bits per heavy atom. The number of para-hydroxylation sites is 1. The van der Waals surface area contributed by atoms with Crippen LogP contribution in [0.15, 0.2) is 78.5 Å². The van der Waals surface area contributed by atoms with Gasteiger partial charge in [0.25, 0.3) is 5.70 Å². The summed E-state index contributed by atoms with van der Waals surface area (Å²) >= 11 is 3.23. The fourth-order valence-corrected chi connectivity index (χ4v) is 6.49. The van der Waals surface area contributed by atoms with Crippen molar-refractivity contribution < 1.29 is 9.90 Å². The van der Waals surface area contributed by atoms with E-state index in [2.05, 4.69) is 84.3 Å². The van der Waals surface area contributed by atoms with Gasteiger partial charge in [-0.05, 0) is 77.6 Å². The summed E-state index contributed by atoms with van der Waals surface area (Å²) < 4.78 is 0.